The predicted molar refractivity (Wildman–Crippen MR) is 79.1 cm³/mol. The van der Waals surface area contributed by atoms with E-state index in [1.54, 1.807) is 6.92 Å². The van der Waals surface area contributed by atoms with Gasteiger partial charge in [-0.15, -0.1) is 0 Å². The van der Waals surface area contributed by atoms with Gasteiger partial charge < -0.3 is 33.4 Å². The standard InChI is InChI=1S/C16H29N2O2.HI/c1-12(19)14-10-13(16(14,2)3)11-15(20)17-6-8-18(4,5)9-7-17;/h13-14H,6-11H2,1-5H3;1H/q+1;/p-1. The molecule has 1 aliphatic heterocycles. The third kappa shape index (κ3) is 3.97. The minimum absolute atomic E-state index is 0. The maximum absolute atomic E-state index is 12.4. The predicted octanol–water partition coefficient (Wildman–Crippen LogP) is -1.45. The Hall–Kier alpha value is -0.170. The molecular formula is C16H29IN2O2. The van der Waals surface area contributed by atoms with Crippen molar-refractivity contribution in [3.8, 4) is 0 Å². The molecular weight excluding hydrogens is 379 g/mol. The van der Waals surface area contributed by atoms with Gasteiger partial charge in [-0.05, 0) is 24.7 Å². The molecule has 1 saturated carbocycles. The van der Waals surface area contributed by atoms with Crippen LogP contribution >= 0.6 is 0 Å². The van der Waals surface area contributed by atoms with Gasteiger partial charge in [-0.2, -0.15) is 0 Å². The van der Waals surface area contributed by atoms with Crippen molar-refractivity contribution in [1.82, 2.24) is 4.90 Å². The van der Waals surface area contributed by atoms with Crippen molar-refractivity contribution in [3.05, 3.63) is 0 Å². The Morgan fingerprint density at radius 1 is 1.19 bits per heavy atom. The molecule has 0 bridgehead atoms. The quantitative estimate of drug-likeness (QED) is 0.424. The van der Waals surface area contributed by atoms with Gasteiger partial charge in [-0.25, -0.2) is 0 Å². The molecule has 2 aliphatic rings. The Bertz CT molecular complexity index is 411. The Kier molecular flexibility index (Phi) is 5.86. The van der Waals surface area contributed by atoms with Crippen LogP contribution in [0.4, 0.5) is 0 Å². The summed E-state index contributed by atoms with van der Waals surface area (Å²) in [6, 6.07) is 0. The summed E-state index contributed by atoms with van der Waals surface area (Å²) in [6.07, 6.45) is 1.51. The number of Topliss-reactive ketones (excluding diaryl/α,β-unsaturated/α-hetero) is 1. The van der Waals surface area contributed by atoms with Crippen LogP contribution in [0.3, 0.4) is 0 Å². The van der Waals surface area contributed by atoms with E-state index in [0.29, 0.717) is 12.3 Å². The number of rotatable bonds is 3. The molecule has 2 unspecified atom stereocenters. The minimum Gasteiger partial charge on any atom is -1.00 e. The largest absolute Gasteiger partial charge is 1.00 e. The summed E-state index contributed by atoms with van der Waals surface area (Å²) in [7, 11) is 4.43. The molecule has 2 fully saturated rings. The molecule has 122 valence electrons. The summed E-state index contributed by atoms with van der Waals surface area (Å²) in [5, 5.41) is 0. The second-order valence-electron chi connectivity index (χ2n) is 7.89. The van der Waals surface area contributed by atoms with Crippen LogP contribution in [-0.2, 0) is 9.59 Å². The normalized spacial score (nSPS) is 30.0. The van der Waals surface area contributed by atoms with Crippen molar-refractivity contribution in [2.45, 2.75) is 33.6 Å². The summed E-state index contributed by atoms with van der Waals surface area (Å²) >= 11 is 0. The number of hydrogen-bond acceptors (Lipinski definition) is 2. The molecule has 0 spiro atoms. The molecule has 0 aromatic heterocycles. The first-order valence-electron chi connectivity index (χ1n) is 7.74. The van der Waals surface area contributed by atoms with Crippen LogP contribution in [0.1, 0.15) is 33.6 Å². The molecule has 1 aliphatic carbocycles. The van der Waals surface area contributed by atoms with Gasteiger partial charge in [0.15, 0.2) is 0 Å². The molecule has 21 heavy (non-hydrogen) atoms. The van der Waals surface area contributed by atoms with Gasteiger partial charge in [0.2, 0.25) is 5.91 Å². The topological polar surface area (TPSA) is 37.4 Å². The van der Waals surface area contributed by atoms with Crippen LogP contribution in [0.5, 0.6) is 0 Å². The molecule has 4 nitrogen and oxygen atoms in total. The lowest BCUT2D eigenvalue weighted by molar-refractivity contribution is -0.894. The van der Waals surface area contributed by atoms with Crippen LogP contribution in [-0.4, -0.2) is 61.3 Å². The van der Waals surface area contributed by atoms with Crippen molar-refractivity contribution in [3.63, 3.8) is 0 Å². The van der Waals surface area contributed by atoms with Crippen molar-refractivity contribution < 1.29 is 38.0 Å². The van der Waals surface area contributed by atoms with Gasteiger partial charge in [-0.3, -0.25) is 9.59 Å². The van der Waals surface area contributed by atoms with Crippen LogP contribution in [0, 0.1) is 17.3 Å². The Morgan fingerprint density at radius 2 is 1.71 bits per heavy atom. The summed E-state index contributed by atoms with van der Waals surface area (Å²) in [6.45, 7) is 9.76. The van der Waals surface area contributed by atoms with Crippen molar-refractivity contribution >= 4 is 11.7 Å². The molecule has 2 atom stereocenters. The second kappa shape index (κ2) is 6.52. The summed E-state index contributed by atoms with van der Waals surface area (Å²) in [4.78, 5) is 26.0. The fourth-order valence-electron chi connectivity index (χ4n) is 3.65. The van der Waals surface area contributed by atoms with Gasteiger partial charge >= 0.3 is 0 Å². The molecule has 5 heteroatoms. The van der Waals surface area contributed by atoms with Gasteiger partial charge in [0.1, 0.15) is 5.78 Å². The fourth-order valence-corrected chi connectivity index (χ4v) is 3.65. The molecule has 1 amide bonds. The maximum atomic E-state index is 12.4. The highest BCUT2D eigenvalue weighted by atomic mass is 127. The van der Waals surface area contributed by atoms with Gasteiger partial charge in [0.05, 0.1) is 40.3 Å². The molecule has 1 saturated heterocycles. The van der Waals surface area contributed by atoms with E-state index in [1.807, 2.05) is 4.90 Å². The lowest BCUT2D eigenvalue weighted by Gasteiger charge is -2.51. The summed E-state index contributed by atoms with van der Waals surface area (Å²) < 4.78 is 1.01. The van der Waals surface area contributed by atoms with Crippen LogP contribution < -0.4 is 24.0 Å². The Labute approximate surface area is 145 Å². The zero-order chi connectivity index (χ0) is 15.1. The van der Waals surface area contributed by atoms with Crippen molar-refractivity contribution in [2.24, 2.45) is 17.3 Å². The summed E-state index contributed by atoms with van der Waals surface area (Å²) in [5.41, 5.74) is -0.00733. The highest BCUT2D eigenvalue weighted by Gasteiger charge is 2.50. The van der Waals surface area contributed by atoms with E-state index in [-0.39, 0.29) is 47.0 Å². The minimum atomic E-state index is -0.00733. The van der Waals surface area contributed by atoms with Crippen LogP contribution in [0.2, 0.25) is 0 Å². The molecule has 0 N–H and O–H groups in total. The highest BCUT2D eigenvalue weighted by Crippen LogP contribution is 2.53. The number of carbonyl (C=O) groups is 2. The highest BCUT2D eigenvalue weighted by molar-refractivity contribution is 5.81. The first-order chi connectivity index (χ1) is 9.13. The van der Waals surface area contributed by atoms with E-state index in [0.717, 1.165) is 37.1 Å². The van der Waals surface area contributed by atoms with E-state index < -0.39 is 0 Å². The van der Waals surface area contributed by atoms with E-state index in [9.17, 15) is 9.59 Å². The number of piperazine rings is 1. The van der Waals surface area contributed by atoms with Crippen LogP contribution in [0.25, 0.3) is 0 Å². The lowest BCUT2D eigenvalue weighted by Crippen LogP contribution is -3.00. The number of quaternary nitrogens is 1. The Morgan fingerprint density at radius 3 is 2.14 bits per heavy atom. The smallest absolute Gasteiger partial charge is 0.223 e. The average molecular weight is 408 g/mol. The zero-order valence-corrected chi connectivity index (χ0v) is 16.1. The van der Waals surface area contributed by atoms with Crippen molar-refractivity contribution in [2.75, 3.05) is 40.3 Å². The number of halogens is 1. The molecule has 0 aromatic rings. The number of hydrogen-bond donors (Lipinski definition) is 0. The first-order valence-corrected chi connectivity index (χ1v) is 7.74. The fraction of sp³-hybridized carbons (Fsp3) is 0.875. The third-order valence-electron chi connectivity index (χ3n) is 5.69. The number of likely N-dealkylation sites (N-methyl/N-ethyl adjacent to an activating group) is 1. The van der Waals surface area contributed by atoms with E-state index in [1.165, 1.54) is 0 Å². The lowest BCUT2D eigenvalue weighted by atomic mass is 9.52. The van der Waals surface area contributed by atoms with Gasteiger partial charge in [0, 0.05) is 12.3 Å². The molecule has 0 radical (unpaired) electrons. The van der Waals surface area contributed by atoms with Gasteiger partial charge in [0.25, 0.3) is 0 Å². The average Bonchev–Trinajstić information content (AvgIpc) is 2.33. The Balaban J connectivity index is 0.00000220. The molecule has 2 rings (SSSR count). The number of carbonyl (C=O) groups excluding carboxylic acids is 2. The number of nitrogens with zero attached hydrogens (tertiary/aromatic N) is 2. The van der Waals surface area contributed by atoms with E-state index >= 15 is 0 Å². The SMILES string of the molecule is CC(=O)C1CC(CC(=O)N2CC[N+](C)(C)CC2)C1(C)C.[I-]. The number of amides is 1. The van der Waals surface area contributed by atoms with Crippen LogP contribution in [0.15, 0.2) is 0 Å². The zero-order valence-electron chi connectivity index (χ0n) is 14.0. The van der Waals surface area contributed by atoms with E-state index in [2.05, 4.69) is 27.9 Å². The molecule has 0 aromatic carbocycles. The van der Waals surface area contributed by atoms with Gasteiger partial charge in [-0.1, -0.05) is 13.8 Å². The monoisotopic (exact) mass is 408 g/mol. The number of ketones is 1. The third-order valence-corrected chi connectivity index (χ3v) is 5.69. The maximum Gasteiger partial charge on any atom is 0.223 e. The first kappa shape index (κ1) is 18.9. The summed E-state index contributed by atoms with van der Waals surface area (Å²) in [5.74, 6) is 1.08. The van der Waals surface area contributed by atoms with Crippen molar-refractivity contribution in [1.29, 1.82) is 0 Å². The molecule has 1 heterocycles. The second-order valence-corrected chi connectivity index (χ2v) is 7.89. The van der Waals surface area contributed by atoms with E-state index in [4.69, 9.17) is 0 Å².